The minimum absolute atomic E-state index is 0.339. The van der Waals surface area contributed by atoms with Crippen LogP contribution in [-0.2, 0) is 0 Å². The second-order valence-corrected chi connectivity index (χ2v) is 4.76. The van der Waals surface area contributed by atoms with E-state index in [1.807, 2.05) is 12.1 Å². The first kappa shape index (κ1) is 11.6. The highest BCUT2D eigenvalue weighted by atomic mass is 14.7. The summed E-state index contributed by atoms with van der Waals surface area (Å²) in [5, 5.41) is 10.2. The van der Waals surface area contributed by atoms with Crippen LogP contribution in [0.25, 0.3) is 10.9 Å². The highest BCUT2D eigenvalue weighted by Crippen LogP contribution is 2.25. The molecule has 0 amide bonds. The quantitative estimate of drug-likeness (QED) is 0.737. The van der Waals surface area contributed by atoms with E-state index in [1.165, 1.54) is 11.1 Å². The number of hydrogen-bond acceptors (Lipinski definition) is 2. The minimum atomic E-state index is 0.339. The second kappa shape index (κ2) is 4.18. The highest BCUT2D eigenvalue weighted by Gasteiger charge is 2.10. The molecule has 0 bridgehead atoms. The van der Waals surface area contributed by atoms with Crippen molar-refractivity contribution in [1.29, 1.82) is 5.26 Å². The number of nitrogens with zero attached hydrogens (tertiary/aromatic N) is 2. The van der Waals surface area contributed by atoms with E-state index in [4.69, 9.17) is 4.98 Å². The number of benzene rings is 1. The molecule has 0 saturated carbocycles. The fourth-order valence-corrected chi connectivity index (χ4v) is 1.94. The van der Waals surface area contributed by atoms with Crippen LogP contribution in [0.3, 0.4) is 0 Å². The largest absolute Gasteiger partial charge is 0.252 e. The first-order valence-corrected chi connectivity index (χ1v) is 5.85. The molecule has 1 heterocycles. The predicted octanol–water partition coefficient (Wildman–Crippen LogP) is 3.85. The third kappa shape index (κ3) is 1.89. The van der Waals surface area contributed by atoms with Crippen molar-refractivity contribution in [3.63, 3.8) is 0 Å². The van der Waals surface area contributed by atoms with Gasteiger partial charge < -0.3 is 0 Å². The Morgan fingerprint density at radius 1 is 1.24 bits per heavy atom. The molecule has 0 spiro atoms. The van der Waals surface area contributed by atoms with Crippen LogP contribution < -0.4 is 0 Å². The average Bonchev–Trinajstić information content (AvgIpc) is 2.32. The Kier molecular flexibility index (Phi) is 2.85. The van der Waals surface area contributed by atoms with Gasteiger partial charge in [0.05, 0.1) is 17.1 Å². The molecule has 0 aliphatic carbocycles. The maximum Gasteiger partial charge on any atom is 0.0999 e. The van der Waals surface area contributed by atoms with Crippen LogP contribution in [0.4, 0.5) is 0 Å². The van der Waals surface area contributed by atoms with Crippen molar-refractivity contribution in [1.82, 2.24) is 4.98 Å². The van der Waals surface area contributed by atoms with Crippen LogP contribution in [0.5, 0.6) is 0 Å². The van der Waals surface area contributed by atoms with E-state index in [0.717, 1.165) is 22.2 Å². The molecule has 2 heteroatoms. The Bertz CT molecular complexity index is 619. The summed E-state index contributed by atoms with van der Waals surface area (Å²) in [4.78, 5) is 4.69. The first-order valence-electron chi connectivity index (χ1n) is 5.85. The smallest absolute Gasteiger partial charge is 0.0999 e. The Morgan fingerprint density at radius 2 is 1.94 bits per heavy atom. The normalized spacial score (nSPS) is 10.8. The van der Waals surface area contributed by atoms with Gasteiger partial charge in [0.2, 0.25) is 0 Å². The molecular weight excluding hydrogens is 208 g/mol. The molecule has 2 nitrogen and oxygen atoms in total. The Labute approximate surface area is 102 Å². The summed E-state index contributed by atoms with van der Waals surface area (Å²) in [7, 11) is 0. The summed E-state index contributed by atoms with van der Waals surface area (Å²) in [6.07, 6.45) is 0. The number of aromatic nitrogens is 1. The van der Waals surface area contributed by atoms with E-state index in [1.54, 1.807) is 0 Å². The maximum absolute atomic E-state index is 9.22. The molecule has 0 radical (unpaired) electrons. The van der Waals surface area contributed by atoms with Crippen LogP contribution in [0.2, 0.25) is 0 Å². The molecule has 0 N–H and O–H groups in total. The number of aryl methyl sites for hydroxylation is 2. The lowest BCUT2D eigenvalue weighted by molar-refractivity contribution is 0.829. The molecule has 0 fully saturated rings. The maximum atomic E-state index is 9.22. The zero-order valence-corrected chi connectivity index (χ0v) is 10.7. The van der Waals surface area contributed by atoms with Crippen molar-refractivity contribution in [2.75, 3.05) is 0 Å². The molecule has 0 unspecified atom stereocenters. The van der Waals surface area contributed by atoms with Crippen molar-refractivity contribution >= 4 is 10.9 Å². The summed E-state index contributed by atoms with van der Waals surface area (Å²) in [5.41, 5.74) is 5.06. The van der Waals surface area contributed by atoms with Gasteiger partial charge in [0.15, 0.2) is 0 Å². The zero-order valence-electron chi connectivity index (χ0n) is 10.7. The summed E-state index contributed by atoms with van der Waals surface area (Å²) in [6, 6.07) is 8.22. The van der Waals surface area contributed by atoms with Crippen LogP contribution in [0, 0.1) is 25.2 Å². The number of hydrogen-bond donors (Lipinski definition) is 0. The molecule has 2 rings (SSSR count). The van der Waals surface area contributed by atoms with Gasteiger partial charge in [0.1, 0.15) is 0 Å². The van der Waals surface area contributed by atoms with Gasteiger partial charge in [-0.1, -0.05) is 26.0 Å². The standard InChI is InChI=1S/C15H16N2/c1-9(2)14-7-12(8-16)13-6-5-10(3)11(4)15(13)17-14/h5-7,9H,1-4H3. The van der Waals surface area contributed by atoms with Gasteiger partial charge in [0.25, 0.3) is 0 Å². The van der Waals surface area contributed by atoms with E-state index in [-0.39, 0.29) is 0 Å². The third-order valence-electron chi connectivity index (χ3n) is 3.24. The molecule has 86 valence electrons. The van der Waals surface area contributed by atoms with Crippen LogP contribution in [0.15, 0.2) is 18.2 Å². The molecule has 0 aliphatic heterocycles. The van der Waals surface area contributed by atoms with Crippen LogP contribution >= 0.6 is 0 Å². The van der Waals surface area contributed by atoms with Crippen LogP contribution in [0.1, 0.15) is 42.1 Å². The van der Waals surface area contributed by atoms with Gasteiger partial charge in [0, 0.05) is 11.1 Å². The molecule has 17 heavy (non-hydrogen) atoms. The lowest BCUT2D eigenvalue weighted by Gasteiger charge is -2.11. The molecule has 2 aromatic rings. The van der Waals surface area contributed by atoms with Crippen molar-refractivity contribution < 1.29 is 0 Å². The number of pyridine rings is 1. The fourth-order valence-electron chi connectivity index (χ4n) is 1.94. The van der Waals surface area contributed by atoms with Crippen LogP contribution in [-0.4, -0.2) is 4.98 Å². The van der Waals surface area contributed by atoms with Gasteiger partial charge in [-0.05, 0) is 37.0 Å². The van der Waals surface area contributed by atoms with Gasteiger partial charge in [-0.2, -0.15) is 5.26 Å². The predicted molar refractivity (Wildman–Crippen MR) is 70.0 cm³/mol. The van der Waals surface area contributed by atoms with E-state index >= 15 is 0 Å². The van der Waals surface area contributed by atoms with Gasteiger partial charge in [-0.15, -0.1) is 0 Å². The Morgan fingerprint density at radius 3 is 2.53 bits per heavy atom. The Hall–Kier alpha value is -1.88. The van der Waals surface area contributed by atoms with E-state index in [9.17, 15) is 5.26 Å². The van der Waals surface area contributed by atoms with E-state index < -0.39 is 0 Å². The summed E-state index contributed by atoms with van der Waals surface area (Å²) in [6.45, 7) is 8.33. The van der Waals surface area contributed by atoms with Gasteiger partial charge in [-0.3, -0.25) is 4.98 Å². The third-order valence-corrected chi connectivity index (χ3v) is 3.24. The van der Waals surface area contributed by atoms with Crippen molar-refractivity contribution in [2.24, 2.45) is 0 Å². The van der Waals surface area contributed by atoms with Gasteiger partial charge in [-0.25, -0.2) is 0 Å². The van der Waals surface area contributed by atoms with Crippen molar-refractivity contribution in [2.45, 2.75) is 33.6 Å². The Balaban J connectivity index is 2.89. The molecule has 1 aromatic carbocycles. The van der Waals surface area contributed by atoms with Gasteiger partial charge >= 0.3 is 0 Å². The lowest BCUT2D eigenvalue weighted by Crippen LogP contribution is -1.98. The topological polar surface area (TPSA) is 36.7 Å². The number of nitriles is 1. The molecule has 1 aromatic heterocycles. The SMILES string of the molecule is Cc1ccc2c(C#N)cc(C(C)C)nc2c1C. The lowest BCUT2D eigenvalue weighted by atomic mass is 9.99. The van der Waals surface area contributed by atoms with Crippen molar-refractivity contribution in [3.8, 4) is 6.07 Å². The number of fused-ring (bicyclic) bond motifs is 1. The number of rotatable bonds is 1. The van der Waals surface area contributed by atoms with E-state index in [2.05, 4.69) is 39.8 Å². The van der Waals surface area contributed by atoms with E-state index in [0.29, 0.717) is 5.92 Å². The first-order chi connectivity index (χ1) is 8.04. The summed E-state index contributed by atoms with van der Waals surface area (Å²) >= 11 is 0. The molecule has 0 atom stereocenters. The second-order valence-electron chi connectivity index (χ2n) is 4.76. The fraction of sp³-hybridized carbons (Fsp3) is 0.333. The molecule has 0 saturated heterocycles. The highest BCUT2D eigenvalue weighted by molar-refractivity contribution is 5.88. The molecular formula is C15H16N2. The summed E-state index contributed by atoms with van der Waals surface area (Å²) in [5.74, 6) is 0.339. The average molecular weight is 224 g/mol. The zero-order chi connectivity index (χ0) is 12.6. The monoisotopic (exact) mass is 224 g/mol. The minimum Gasteiger partial charge on any atom is -0.252 e. The van der Waals surface area contributed by atoms with Crippen molar-refractivity contribution in [3.05, 3.63) is 40.6 Å². The summed E-state index contributed by atoms with van der Waals surface area (Å²) < 4.78 is 0. The molecule has 0 aliphatic rings.